The summed E-state index contributed by atoms with van der Waals surface area (Å²) in [5.41, 5.74) is 9.36. The zero-order chi connectivity index (χ0) is 80.9. The van der Waals surface area contributed by atoms with Gasteiger partial charge in [0, 0.05) is 56.5 Å². The largest absolute Gasteiger partial charge is 0.391 e. The third kappa shape index (κ3) is 27.0. The second-order valence-corrected chi connectivity index (χ2v) is 42.7. The number of rotatable bonds is 27. The van der Waals surface area contributed by atoms with Crippen LogP contribution in [0.3, 0.4) is 0 Å². The van der Waals surface area contributed by atoms with E-state index in [9.17, 15) is 52.3 Å². The van der Waals surface area contributed by atoms with E-state index in [1.165, 1.54) is 91.7 Å². The van der Waals surface area contributed by atoms with Crippen LogP contribution in [0.25, 0.3) is 0 Å². The third-order valence-electron chi connectivity index (χ3n) is 23.5. The molecule has 5 fully saturated rings. The molecule has 0 spiro atoms. The molecule has 0 saturated carbocycles. The summed E-state index contributed by atoms with van der Waals surface area (Å²) in [5.74, 6) is 1.92. The molecule has 614 valence electrons. The van der Waals surface area contributed by atoms with Crippen LogP contribution in [-0.4, -0.2) is 212 Å². The van der Waals surface area contributed by atoms with Crippen LogP contribution in [0, 0.1) is 6.92 Å². The molecule has 3 atom stereocenters. The Labute approximate surface area is 673 Å². The van der Waals surface area contributed by atoms with Crippen LogP contribution in [0.4, 0.5) is 0 Å². The second-order valence-electron chi connectivity index (χ2n) is 32.5. The van der Waals surface area contributed by atoms with Crippen molar-refractivity contribution in [3.8, 4) is 0 Å². The maximum Gasteiger partial charge on any atom is 0.178 e. The van der Waals surface area contributed by atoms with Crippen molar-refractivity contribution in [1.82, 2.24) is 24.5 Å². The zero-order valence-corrected chi connectivity index (χ0v) is 72.1. The second kappa shape index (κ2) is 41.7. The zero-order valence-electron chi connectivity index (χ0n) is 68.0. The lowest BCUT2D eigenvalue weighted by molar-refractivity contribution is -0.0259. The first kappa shape index (κ1) is 89.9. The van der Waals surface area contributed by atoms with Crippen molar-refractivity contribution < 1.29 is 52.3 Å². The Morgan fingerprint density at radius 1 is 0.420 bits per heavy atom. The molecule has 17 nitrogen and oxygen atoms in total. The number of likely N-dealkylation sites (tertiary alicyclic amines) is 5. The summed E-state index contributed by atoms with van der Waals surface area (Å²) in [7, 11) is -14.0. The summed E-state index contributed by atoms with van der Waals surface area (Å²) in [6.45, 7) is 22.7. The number of sulfone groups is 5. The van der Waals surface area contributed by atoms with Crippen molar-refractivity contribution in [1.29, 1.82) is 0 Å². The Kier molecular flexibility index (Phi) is 33.5. The molecule has 5 aliphatic rings. The summed E-state index contributed by atoms with van der Waals surface area (Å²) in [5, 5.41) is 21.1. The SMILES string of the molecule is CCCN1CCC(O)(c2cccc(S(C)(=O)=O)c2)CC1.CCCN1CCC(c2cccc(CCCCCS(=O)(=O)c3cccc(C4CCN(C)CC4)c3)c2)CC1.CCCN1CC[C@@H](c2cccc(S(C)(=O)=O)c2)[C@@H](O)C1.Cc1cccc(C(CCN2CCC(c3cccc(S(C)(=O)=O)c3)CC2)c2cccc(S(C)(=O)=O)c2)c1. The molecular weight excluding hydrogens is 1500 g/mol. The van der Waals surface area contributed by atoms with E-state index in [4.69, 9.17) is 0 Å². The van der Waals surface area contributed by atoms with Gasteiger partial charge in [0.15, 0.2) is 49.2 Å². The van der Waals surface area contributed by atoms with Gasteiger partial charge >= 0.3 is 0 Å². The van der Waals surface area contributed by atoms with Crippen LogP contribution in [0.15, 0.2) is 194 Å². The molecule has 0 aromatic heterocycles. The number of aliphatic hydroxyl groups is 2. The molecule has 5 heterocycles. The van der Waals surface area contributed by atoms with Gasteiger partial charge < -0.3 is 34.7 Å². The number of β-amino-alcohol motifs (C(OH)–C–C–N with tert-alkyl or cyclic N) is 1. The van der Waals surface area contributed by atoms with E-state index >= 15 is 0 Å². The number of nitrogens with zero attached hydrogens (tertiary/aromatic N) is 5. The van der Waals surface area contributed by atoms with Crippen molar-refractivity contribution in [3.05, 3.63) is 220 Å². The summed E-state index contributed by atoms with van der Waals surface area (Å²) < 4.78 is 121. The predicted molar refractivity (Wildman–Crippen MR) is 455 cm³/mol. The molecule has 22 heteroatoms. The van der Waals surface area contributed by atoms with Crippen molar-refractivity contribution in [3.63, 3.8) is 0 Å². The molecule has 7 aromatic carbocycles. The van der Waals surface area contributed by atoms with Gasteiger partial charge in [-0.05, 0) is 312 Å². The number of benzene rings is 7. The van der Waals surface area contributed by atoms with Crippen molar-refractivity contribution in [2.24, 2.45) is 0 Å². The summed E-state index contributed by atoms with van der Waals surface area (Å²) in [6.07, 6.45) is 21.5. The third-order valence-corrected chi connectivity index (χ3v) is 29.7. The fourth-order valence-electron chi connectivity index (χ4n) is 16.9. The van der Waals surface area contributed by atoms with Gasteiger partial charge in [-0.1, -0.05) is 142 Å². The maximum atomic E-state index is 13.0. The van der Waals surface area contributed by atoms with Crippen LogP contribution in [0.2, 0.25) is 0 Å². The molecular formula is C90H127N5O12S5. The predicted octanol–water partition coefficient (Wildman–Crippen LogP) is 14.9. The Morgan fingerprint density at radius 3 is 1.36 bits per heavy atom. The normalized spacial score (nSPS) is 19.5. The van der Waals surface area contributed by atoms with Crippen molar-refractivity contribution in [2.45, 2.75) is 203 Å². The van der Waals surface area contributed by atoms with Gasteiger partial charge in [0.05, 0.1) is 41.9 Å². The number of hydrogen-bond acceptors (Lipinski definition) is 17. The molecule has 112 heavy (non-hydrogen) atoms. The highest BCUT2D eigenvalue weighted by Gasteiger charge is 2.35. The van der Waals surface area contributed by atoms with E-state index in [1.54, 1.807) is 54.6 Å². The minimum Gasteiger partial charge on any atom is -0.391 e. The highest BCUT2D eigenvalue weighted by Crippen LogP contribution is 2.38. The maximum absolute atomic E-state index is 13.0. The molecule has 7 aromatic rings. The average molecular weight is 1630 g/mol. The smallest absolute Gasteiger partial charge is 0.178 e. The molecule has 12 rings (SSSR count). The first-order chi connectivity index (χ1) is 53.2. The van der Waals surface area contributed by atoms with E-state index in [1.807, 2.05) is 60.7 Å². The van der Waals surface area contributed by atoms with Crippen LogP contribution < -0.4 is 0 Å². The van der Waals surface area contributed by atoms with Crippen LogP contribution in [-0.2, 0) is 61.2 Å². The van der Waals surface area contributed by atoms with Gasteiger partial charge in [-0.25, -0.2) is 42.1 Å². The Hall–Kier alpha value is -5.99. The Bertz CT molecular complexity index is 4740. The molecule has 5 saturated heterocycles. The van der Waals surface area contributed by atoms with Crippen LogP contribution in [0.1, 0.15) is 203 Å². The molecule has 5 aliphatic heterocycles. The standard InChI is InChI=1S/C31H46N2O2S.C29H35NO4S2.2C15H23NO3S/c1-3-18-33-21-16-28(17-22-33)29-11-7-10-26(24-29)9-5-4-6-23-36(34,35)31-13-8-12-30(25-31)27-14-19-32(2)20-15-27;1-22-7-4-9-25(19-22)29(26-10-6-12-28(21-26)36(3,33)34)15-18-30-16-13-23(14-17-30)24-8-5-11-27(20-24)35(2,31)32;1-3-9-16-10-7-15(17,8-11-16)13-5-4-6-14(12-13)20(2,18)19;1-3-8-16-9-7-14(15(17)11-16)12-5-4-6-13(10-12)20(2,18)19/h7-8,10-13,24-25,27-28H,3-6,9,14-23H2,1-2H3;4-12,19-21,23,29H,13-18H2,1-3H3;4-6,12,17H,3,7-11H2,1-2H3;4-6,10,14-15,17H,3,7-9,11H2,1-2H3/t;;;14-,15-/m...0/s1. The fraction of sp³-hybridized carbons (Fsp3) is 0.533. The highest BCUT2D eigenvalue weighted by molar-refractivity contribution is 7.92. The summed E-state index contributed by atoms with van der Waals surface area (Å²) in [6, 6.07) is 53.9. The minimum absolute atomic E-state index is 0.0322. The molecule has 1 unspecified atom stereocenters. The molecule has 0 radical (unpaired) electrons. The summed E-state index contributed by atoms with van der Waals surface area (Å²) in [4.78, 5) is 13.9. The topological polar surface area (TPSA) is 227 Å². The van der Waals surface area contributed by atoms with Gasteiger partial charge in [0.25, 0.3) is 0 Å². The van der Waals surface area contributed by atoms with Gasteiger partial charge in [-0.15, -0.1) is 0 Å². The highest BCUT2D eigenvalue weighted by atomic mass is 32.2. The lowest BCUT2D eigenvalue weighted by Gasteiger charge is -2.38. The van der Waals surface area contributed by atoms with Crippen LogP contribution in [0.5, 0.6) is 0 Å². The molecule has 0 amide bonds. The van der Waals surface area contributed by atoms with Crippen molar-refractivity contribution >= 4 is 49.2 Å². The Morgan fingerprint density at radius 2 is 0.830 bits per heavy atom. The number of unbranched alkanes of at least 4 members (excludes halogenated alkanes) is 2. The number of aryl methyl sites for hydroxylation is 2. The number of hydrogen-bond donors (Lipinski definition) is 2. The van der Waals surface area contributed by atoms with E-state index in [2.05, 4.69) is 114 Å². The fourth-order valence-corrected chi connectivity index (χ4v) is 21.0. The van der Waals surface area contributed by atoms with E-state index in [0.717, 1.165) is 165 Å². The van der Waals surface area contributed by atoms with Crippen molar-refractivity contribution in [2.75, 3.05) is 129 Å². The molecule has 2 N–H and O–H groups in total. The lowest BCUT2D eigenvalue weighted by Crippen LogP contribution is -2.43. The first-order valence-corrected chi connectivity index (χ1v) is 50.1. The quantitative estimate of drug-likeness (QED) is 0.0456. The van der Waals surface area contributed by atoms with Gasteiger partial charge in [0.1, 0.15) is 0 Å². The van der Waals surface area contributed by atoms with Gasteiger partial charge in [-0.2, -0.15) is 0 Å². The minimum atomic E-state index is -3.28. The van der Waals surface area contributed by atoms with Gasteiger partial charge in [-0.3, -0.25) is 0 Å². The van der Waals surface area contributed by atoms with E-state index < -0.39 is 60.9 Å². The molecule has 0 bridgehead atoms. The van der Waals surface area contributed by atoms with Crippen LogP contribution >= 0.6 is 0 Å². The number of piperidine rings is 5. The lowest BCUT2D eigenvalue weighted by atomic mass is 9.84. The Balaban J connectivity index is 0.000000178. The first-order valence-electron chi connectivity index (χ1n) is 40.9. The average Bonchev–Trinajstić information content (AvgIpc) is 0.803. The number of aliphatic hydroxyl groups excluding tert-OH is 1. The van der Waals surface area contributed by atoms with E-state index in [-0.39, 0.29) is 22.5 Å². The summed E-state index contributed by atoms with van der Waals surface area (Å²) >= 11 is 0. The molecule has 0 aliphatic carbocycles. The van der Waals surface area contributed by atoms with Gasteiger partial charge in [0.2, 0.25) is 0 Å². The van der Waals surface area contributed by atoms with E-state index in [0.29, 0.717) is 56.7 Å². The monoisotopic (exact) mass is 1630 g/mol.